The van der Waals surface area contributed by atoms with E-state index in [9.17, 15) is 4.79 Å². The van der Waals surface area contributed by atoms with E-state index in [1.54, 1.807) is 12.1 Å². The van der Waals surface area contributed by atoms with Crippen LogP contribution in [0.4, 0.5) is 0 Å². The molecule has 0 spiro atoms. The molecule has 1 aromatic rings. The Hall–Kier alpha value is -1.25. The van der Waals surface area contributed by atoms with Crippen molar-refractivity contribution in [1.82, 2.24) is 0 Å². The van der Waals surface area contributed by atoms with Crippen LogP contribution in [0.2, 0.25) is 0 Å². The first kappa shape index (κ1) is 10.8. The molecule has 78 valence electrons. The Morgan fingerprint density at radius 2 is 2.29 bits per heavy atom. The Morgan fingerprint density at radius 3 is 2.93 bits per heavy atom. The lowest BCUT2D eigenvalue weighted by Crippen LogP contribution is -2.05. The van der Waals surface area contributed by atoms with E-state index in [2.05, 4.69) is 6.92 Å². The van der Waals surface area contributed by atoms with Crippen molar-refractivity contribution in [3.63, 3.8) is 0 Å². The average Bonchev–Trinajstić information content (AvgIpc) is 2.70. The molecule has 0 unspecified atom stereocenters. The maximum atomic E-state index is 11.2. The van der Waals surface area contributed by atoms with Gasteiger partial charge in [0.15, 0.2) is 0 Å². The predicted octanol–water partition coefficient (Wildman–Crippen LogP) is 3.02. The number of hydrogen-bond donors (Lipinski definition) is 0. The third kappa shape index (κ3) is 3.64. The van der Waals surface area contributed by atoms with Crippen LogP contribution < -0.4 is 0 Å². The molecule has 0 aromatic carbocycles. The summed E-state index contributed by atoms with van der Waals surface area (Å²) in [4.78, 5) is 11.2. The van der Waals surface area contributed by atoms with Gasteiger partial charge in [-0.2, -0.15) is 0 Å². The maximum absolute atomic E-state index is 11.2. The zero-order valence-electron chi connectivity index (χ0n) is 8.49. The van der Waals surface area contributed by atoms with Crippen molar-refractivity contribution in [2.24, 2.45) is 0 Å². The number of rotatable bonds is 6. The lowest BCUT2D eigenvalue weighted by Gasteiger charge is -2.01. The Balaban J connectivity index is 2.10. The number of unbranched alkanes of at least 4 members (excludes halogenated alkanes) is 3. The van der Waals surface area contributed by atoms with Crippen LogP contribution in [0.15, 0.2) is 22.8 Å². The van der Waals surface area contributed by atoms with E-state index in [0.29, 0.717) is 6.61 Å². The van der Waals surface area contributed by atoms with Gasteiger partial charge in [0.2, 0.25) is 5.76 Å². The minimum absolute atomic E-state index is 0.278. The van der Waals surface area contributed by atoms with Crippen molar-refractivity contribution in [1.29, 1.82) is 0 Å². The van der Waals surface area contributed by atoms with Gasteiger partial charge >= 0.3 is 5.97 Å². The highest BCUT2D eigenvalue weighted by atomic mass is 16.5. The second-order valence-corrected chi connectivity index (χ2v) is 3.17. The molecule has 1 aromatic heterocycles. The van der Waals surface area contributed by atoms with Crippen LogP contribution in [-0.4, -0.2) is 12.6 Å². The minimum Gasteiger partial charge on any atom is -0.460 e. The summed E-state index contributed by atoms with van der Waals surface area (Å²) in [7, 11) is 0. The third-order valence-corrected chi connectivity index (χ3v) is 1.95. The van der Waals surface area contributed by atoms with Crippen LogP contribution >= 0.6 is 0 Å². The fraction of sp³-hybridized carbons (Fsp3) is 0.545. The molecular weight excluding hydrogens is 180 g/mol. The van der Waals surface area contributed by atoms with Crippen LogP contribution in [0.1, 0.15) is 43.2 Å². The van der Waals surface area contributed by atoms with Gasteiger partial charge in [-0.25, -0.2) is 4.79 Å². The summed E-state index contributed by atoms with van der Waals surface area (Å²) in [5.74, 6) is -0.0908. The van der Waals surface area contributed by atoms with Crippen LogP contribution in [-0.2, 0) is 4.74 Å². The highest BCUT2D eigenvalue weighted by Crippen LogP contribution is 2.04. The standard InChI is InChI=1S/C11H16O3/c1-2-3-4-5-8-14-11(12)10-7-6-9-13-10/h6-7,9H,2-5,8H2,1H3. The first-order valence-corrected chi connectivity index (χ1v) is 5.05. The van der Waals surface area contributed by atoms with Gasteiger partial charge in [-0.15, -0.1) is 0 Å². The fourth-order valence-corrected chi connectivity index (χ4v) is 1.16. The molecule has 1 heterocycles. The molecule has 3 nitrogen and oxygen atoms in total. The van der Waals surface area contributed by atoms with Gasteiger partial charge in [0.1, 0.15) is 0 Å². The van der Waals surface area contributed by atoms with Crippen molar-refractivity contribution in [2.75, 3.05) is 6.61 Å². The van der Waals surface area contributed by atoms with E-state index in [0.717, 1.165) is 12.8 Å². The summed E-state index contributed by atoms with van der Waals surface area (Å²) < 4.78 is 9.90. The zero-order chi connectivity index (χ0) is 10.2. The minimum atomic E-state index is -0.369. The van der Waals surface area contributed by atoms with Crippen molar-refractivity contribution < 1.29 is 13.9 Å². The number of carbonyl (C=O) groups is 1. The second-order valence-electron chi connectivity index (χ2n) is 3.17. The fourth-order valence-electron chi connectivity index (χ4n) is 1.16. The molecule has 0 aliphatic heterocycles. The molecule has 0 aliphatic rings. The van der Waals surface area contributed by atoms with E-state index >= 15 is 0 Å². The topological polar surface area (TPSA) is 39.4 Å². The predicted molar refractivity (Wildman–Crippen MR) is 53.1 cm³/mol. The molecule has 0 saturated heterocycles. The van der Waals surface area contributed by atoms with Crippen molar-refractivity contribution in [3.05, 3.63) is 24.2 Å². The smallest absolute Gasteiger partial charge is 0.374 e. The highest BCUT2D eigenvalue weighted by Gasteiger charge is 2.08. The molecule has 0 amide bonds. The zero-order valence-corrected chi connectivity index (χ0v) is 8.49. The third-order valence-electron chi connectivity index (χ3n) is 1.95. The van der Waals surface area contributed by atoms with Gasteiger partial charge in [-0.3, -0.25) is 0 Å². The molecule has 3 heteroatoms. The van der Waals surface area contributed by atoms with Crippen LogP contribution in [0.25, 0.3) is 0 Å². The quantitative estimate of drug-likeness (QED) is 0.518. The largest absolute Gasteiger partial charge is 0.460 e. The number of furan rings is 1. The lowest BCUT2D eigenvalue weighted by molar-refractivity contribution is 0.0461. The Bertz CT molecular complexity index is 252. The number of hydrogen-bond acceptors (Lipinski definition) is 3. The van der Waals surface area contributed by atoms with Gasteiger partial charge in [-0.1, -0.05) is 26.2 Å². The monoisotopic (exact) mass is 196 g/mol. The Labute approximate surface area is 84.1 Å². The first-order valence-electron chi connectivity index (χ1n) is 5.05. The van der Waals surface area contributed by atoms with Crippen molar-refractivity contribution in [3.8, 4) is 0 Å². The molecule has 1 rings (SSSR count). The molecule has 0 radical (unpaired) electrons. The highest BCUT2D eigenvalue weighted by molar-refractivity contribution is 5.86. The molecule has 0 bridgehead atoms. The number of esters is 1. The lowest BCUT2D eigenvalue weighted by atomic mass is 10.2. The normalized spacial score (nSPS) is 10.1. The summed E-state index contributed by atoms with van der Waals surface area (Å²) in [5, 5.41) is 0. The summed E-state index contributed by atoms with van der Waals surface area (Å²) in [6.07, 6.45) is 5.89. The average molecular weight is 196 g/mol. The van der Waals surface area contributed by atoms with Gasteiger partial charge < -0.3 is 9.15 Å². The Kier molecular flexibility index (Phi) is 4.83. The summed E-state index contributed by atoms with van der Waals surface area (Å²) in [5.41, 5.74) is 0. The molecular formula is C11H16O3. The molecule has 0 aliphatic carbocycles. The molecule has 0 saturated carbocycles. The summed E-state index contributed by atoms with van der Waals surface area (Å²) >= 11 is 0. The number of ether oxygens (including phenoxy) is 1. The van der Waals surface area contributed by atoms with Crippen LogP contribution in [0, 0.1) is 0 Å². The van der Waals surface area contributed by atoms with E-state index in [-0.39, 0.29) is 11.7 Å². The van der Waals surface area contributed by atoms with E-state index in [1.165, 1.54) is 19.1 Å². The van der Waals surface area contributed by atoms with Gasteiger partial charge in [-0.05, 0) is 18.6 Å². The molecule has 0 fully saturated rings. The van der Waals surface area contributed by atoms with Crippen molar-refractivity contribution >= 4 is 5.97 Å². The first-order chi connectivity index (χ1) is 6.84. The SMILES string of the molecule is CCCCCCOC(=O)c1ccco1. The molecule has 0 atom stereocenters. The van der Waals surface area contributed by atoms with Gasteiger partial charge in [0.05, 0.1) is 12.9 Å². The molecule has 0 N–H and O–H groups in total. The van der Waals surface area contributed by atoms with E-state index < -0.39 is 0 Å². The second kappa shape index (κ2) is 6.24. The van der Waals surface area contributed by atoms with E-state index in [4.69, 9.17) is 9.15 Å². The van der Waals surface area contributed by atoms with Crippen molar-refractivity contribution in [2.45, 2.75) is 32.6 Å². The number of carbonyl (C=O) groups excluding carboxylic acids is 1. The van der Waals surface area contributed by atoms with Crippen LogP contribution in [0.3, 0.4) is 0 Å². The Morgan fingerprint density at radius 1 is 1.43 bits per heavy atom. The van der Waals surface area contributed by atoms with Gasteiger partial charge in [0.25, 0.3) is 0 Å². The van der Waals surface area contributed by atoms with Gasteiger partial charge in [0, 0.05) is 0 Å². The molecule has 14 heavy (non-hydrogen) atoms. The van der Waals surface area contributed by atoms with Crippen LogP contribution in [0.5, 0.6) is 0 Å². The summed E-state index contributed by atoms with van der Waals surface area (Å²) in [6.45, 7) is 2.63. The maximum Gasteiger partial charge on any atom is 0.374 e. The van der Waals surface area contributed by atoms with E-state index in [1.807, 2.05) is 0 Å². The summed E-state index contributed by atoms with van der Waals surface area (Å²) in [6, 6.07) is 3.28.